The van der Waals surface area contributed by atoms with Gasteiger partial charge in [0.1, 0.15) is 24.2 Å². The lowest BCUT2D eigenvalue weighted by Crippen LogP contribution is -2.53. The van der Waals surface area contributed by atoms with E-state index < -0.39 is 40.2 Å². The van der Waals surface area contributed by atoms with Crippen LogP contribution in [0.4, 0.5) is 10.1 Å². The second kappa shape index (κ2) is 15.9. The molecular formula is C35H37BrFN3O5S. The van der Waals surface area contributed by atoms with Crippen LogP contribution in [-0.4, -0.2) is 51.4 Å². The lowest BCUT2D eigenvalue weighted by atomic mass is 10.0. The first-order valence-corrected chi connectivity index (χ1v) is 17.1. The fraction of sp³-hybridized carbons (Fsp3) is 0.257. The highest BCUT2D eigenvalue weighted by molar-refractivity contribution is 9.10. The minimum Gasteiger partial charge on any atom is -0.496 e. The standard InChI is InChI=1S/C35H37BrFN3O5S/c1-4-20-38-35(42)32(21-26-10-6-5-7-11-26)39(23-27-12-8-9-13-31(27)37)34(41)24-40(28-16-14-25(2)15-17-28)46(43,44)29-18-19-33(45-3)30(36)22-29/h5-19,22,32H,4,20-21,23-24H2,1-3H3,(H,38,42)/t32-/m1/s1. The van der Waals surface area contributed by atoms with E-state index in [1.807, 2.05) is 44.2 Å². The molecule has 4 aromatic rings. The van der Waals surface area contributed by atoms with Crippen molar-refractivity contribution >= 4 is 43.5 Å². The van der Waals surface area contributed by atoms with Gasteiger partial charge in [0.25, 0.3) is 10.0 Å². The van der Waals surface area contributed by atoms with E-state index in [1.54, 1.807) is 42.5 Å². The van der Waals surface area contributed by atoms with Gasteiger partial charge in [-0.25, -0.2) is 12.8 Å². The number of hydrogen-bond donors (Lipinski definition) is 1. The van der Waals surface area contributed by atoms with Crippen LogP contribution in [0.1, 0.15) is 30.0 Å². The molecule has 8 nitrogen and oxygen atoms in total. The first kappa shape index (κ1) is 34.6. The molecule has 4 rings (SSSR count). The van der Waals surface area contributed by atoms with Crippen molar-refractivity contribution < 1.29 is 27.1 Å². The summed E-state index contributed by atoms with van der Waals surface area (Å²) in [5.74, 6) is -1.19. The van der Waals surface area contributed by atoms with Gasteiger partial charge in [-0.3, -0.25) is 13.9 Å². The average molecular weight is 711 g/mol. The molecule has 46 heavy (non-hydrogen) atoms. The summed E-state index contributed by atoms with van der Waals surface area (Å²) in [6, 6.07) is 25.2. The van der Waals surface area contributed by atoms with Crippen LogP contribution in [0.25, 0.3) is 0 Å². The van der Waals surface area contributed by atoms with Crippen LogP contribution in [-0.2, 0) is 32.6 Å². The van der Waals surface area contributed by atoms with E-state index in [0.29, 0.717) is 23.2 Å². The van der Waals surface area contributed by atoms with E-state index in [1.165, 1.54) is 36.3 Å². The molecule has 0 saturated heterocycles. The molecule has 0 aliphatic rings. The lowest BCUT2D eigenvalue weighted by Gasteiger charge is -2.34. The zero-order valence-electron chi connectivity index (χ0n) is 26.0. The number of rotatable bonds is 14. The van der Waals surface area contributed by atoms with Crippen LogP contribution in [0.2, 0.25) is 0 Å². The number of amides is 2. The predicted molar refractivity (Wildman–Crippen MR) is 181 cm³/mol. The Labute approximate surface area is 278 Å². The van der Waals surface area contributed by atoms with Gasteiger partial charge in [0.2, 0.25) is 11.8 Å². The quantitative estimate of drug-likeness (QED) is 0.167. The Balaban J connectivity index is 1.81. The molecule has 0 unspecified atom stereocenters. The van der Waals surface area contributed by atoms with Crippen molar-refractivity contribution in [3.63, 3.8) is 0 Å². The maximum atomic E-state index is 15.0. The maximum Gasteiger partial charge on any atom is 0.264 e. The Morgan fingerprint density at radius 2 is 1.63 bits per heavy atom. The highest BCUT2D eigenvalue weighted by atomic mass is 79.9. The van der Waals surface area contributed by atoms with Gasteiger partial charge in [-0.2, -0.15) is 0 Å². The first-order chi connectivity index (χ1) is 22.0. The number of carbonyl (C=O) groups excluding carboxylic acids is 2. The largest absolute Gasteiger partial charge is 0.496 e. The molecule has 4 aromatic carbocycles. The van der Waals surface area contributed by atoms with E-state index in [2.05, 4.69) is 21.2 Å². The Kier molecular flexibility index (Phi) is 11.9. The van der Waals surface area contributed by atoms with Gasteiger partial charge in [0.15, 0.2) is 0 Å². The minimum atomic E-state index is -4.32. The van der Waals surface area contributed by atoms with Crippen molar-refractivity contribution in [1.29, 1.82) is 0 Å². The highest BCUT2D eigenvalue weighted by Crippen LogP contribution is 2.31. The third-order valence-corrected chi connectivity index (χ3v) is 9.82. The molecule has 0 saturated carbocycles. The van der Waals surface area contributed by atoms with Crippen LogP contribution >= 0.6 is 15.9 Å². The van der Waals surface area contributed by atoms with E-state index in [-0.39, 0.29) is 29.1 Å². The summed E-state index contributed by atoms with van der Waals surface area (Å²) in [6.45, 7) is 3.26. The Morgan fingerprint density at radius 3 is 2.26 bits per heavy atom. The molecule has 11 heteroatoms. The van der Waals surface area contributed by atoms with E-state index >= 15 is 4.39 Å². The zero-order valence-corrected chi connectivity index (χ0v) is 28.4. The number of nitrogens with zero attached hydrogens (tertiary/aromatic N) is 2. The van der Waals surface area contributed by atoms with E-state index in [4.69, 9.17) is 4.74 Å². The summed E-state index contributed by atoms with van der Waals surface area (Å²) >= 11 is 3.36. The molecular weight excluding hydrogens is 673 g/mol. The Morgan fingerprint density at radius 1 is 0.957 bits per heavy atom. The molecule has 0 aliphatic heterocycles. The van der Waals surface area contributed by atoms with Gasteiger partial charge in [-0.1, -0.05) is 73.2 Å². The van der Waals surface area contributed by atoms with Crippen LogP contribution < -0.4 is 14.4 Å². The number of hydrogen-bond acceptors (Lipinski definition) is 5. The van der Waals surface area contributed by atoms with Gasteiger partial charge in [-0.05, 0) is 71.2 Å². The first-order valence-electron chi connectivity index (χ1n) is 14.8. The van der Waals surface area contributed by atoms with Gasteiger partial charge in [-0.15, -0.1) is 0 Å². The molecule has 2 amide bonds. The van der Waals surface area contributed by atoms with E-state index in [0.717, 1.165) is 15.4 Å². The van der Waals surface area contributed by atoms with Crippen LogP contribution in [0.3, 0.4) is 0 Å². The number of nitrogens with one attached hydrogen (secondary N) is 1. The van der Waals surface area contributed by atoms with Gasteiger partial charge >= 0.3 is 0 Å². The number of ether oxygens (including phenoxy) is 1. The van der Waals surface area contributed by atoms with Gasteiger partial charge < -0.3 is 15.0 Å². The summed E-state index contributed by atoms with van der Waals surface area (Å²) in [7, 11) is -2.85. The van der Waals surface area contributed by atoms with Crippen molar-refractivity contribution in [3.05, 3.63) is 124 Å². The average Bonchev–Trinajstić information content (AvgIpc) is 3.05. The SMILES string of the molecule is CCCNC(=O)[C@@H](Cc1ccccc1)N(Cc1ccccc1F)C(=O)CN(c1ccc(C)cc1)S(=O)(=O)c1ccc(OC)c(Br)c1. The fourth-order valence-electron chi connectivity index (χ4n) is 4.90. The third kappa shape index (κ3) is 8.52. The Hall–Kier alpha value is -4.22. The number of halogens is 2. The molecule has 0 fully saturated rings. The molecule has 0 aliphatic carbocycles. The monoisotopic (exact) mass is 709 g/mol. The number of methoxy groups -OCH3 is 1. The minimum absolute atomic E-state index is 0.0734. The van der Waals surface area contributed by atoms with Gasteiger partial charge in [0.05, 0.1) is 22.2 Å². The smallest absolute Gasteiger partial charge is 0.264 e. The van der Waals surface area contributed by atoms with Crippen molar-refractivity contribution in [2.45, 2.75) is 44.2 Å². The third-order valence-electron chi connectivity index (χ3n) is 7.43. The maximum absolute atomic E-state index is 15.0. The lowest BCUT2D eigenvalue weighted by molar-refractivity contribution is -0.140. The van der Waals surface area contributed by atoms with E-state index in [9.17, 15) is 18.0 Å². The summed E-state index contributed by atoms with van der Waals surface area (Å²) in [5.41, 5.74) is 2.14. The molecule has 1 atom stereocenters. The second-order valence-corrected chi connectivity index (χ2v) is 13.5. The number of benzene rings is 4. The number of sulfonamides is 1. The van der Waals surface area contributed by atoms with Crippen LogP contribution in [0.5, 0.6) is 5.75 Å². The number of carbonyl (C=O) groups is 2. The van der Waals surface area contributed by atoms with Gasteiger partial charge in [0, 0.05) is 25.1 Å². The molecule has 0 heterocycles. The summed E-state index contributed by atoms with van der Waals surface area (Å²) in [5, 5.41) is 2.88. The fourth-order valence-corrected chi connectivity index (χ4v) is 7.04. The summed E-state index contributed by atoms with van der Waals surface area (Å²) in [4.78, 5) is 29.3. The second-order valence-electron chi connectivity index (χ2n) is 10.8. The molecule has 0 bridgehead atoms. The van der Waals surface area contributed by atoms with Crippen molar-refractivity contribution in [3.8, 4) is 5.75 Å². The molecule has 0 spiro atoms. The zero-order chi connectivity index (χ0) is 33.3. The van der Waals surface area contributed by atoms with Crippen molar-refractivity contribution in [1.82, 2.24) is 10.2 Å². The number of aryl methyl sites for hydroxylation is 1. The molecule has 1 N–H and O–H groups in total. The molecule has 0 aromatic heterocycles. The summed E-state index contributed by atoms with van der Waals surface area (Å²) in [6.07, 6.45) is 0.807. The topological polar surface area (TPSA) is 96.0 Å². The van der Waals surface area contributed by atoms with Crippen LogP contribution in [0, 0.1) is 12.7 Å². The Bertz CT molecular complexity index is 1750. The van der Waals surface area contributed by atoms with Crippen molar-refractivity contribution in [2.75, 3.05) is 24.5 Å². The molecule has 0 radical (unpaired) electrons. The predicted octanol–water partition coefficient (Wildman–Crippen LogP) is 6.27. The van der Waals surface area contributed by atoms with Crippen molar-refractivity contribution in [2.24, 2.45) is 0 Å². The molecule has 242 valence electrons. The highest BCUT2D eigenvalue weighted by Gasteiger charge is 2.35. The normalized spacial score (nSPS) is 11.8. The summed E-state index contributed by atoms with van der Waals surface area (Å²) < 4.78 is 50.2. The number of anilines is 1. The van der Waals surface area contributed by atoms with Crippen LogP contribution in [0.15, 0.2) is 106 Å².